The Morgan fingerprint density at radius 2 is 2.38 bits per heavy atom. The van der Waals surface area contributed by atoms with E-state index in [-0.39, 0.29) is 0 Å². The van der Waals surface area contributed by atoms with E-state index in [4.69, 9.17) is 0 Å². The van der Waals surface area contributed by atoms with Gasteiger partial charge < -0.3 is 5.73 Å². The third kappa shape index (κ3) is 4.77. The molecule has 0 aromatic rings. The molecule has 0 saturated carbocycles. The second kappa shape index (κ2) is 3.94. The fourth-order valence-electron chi connectivity index (χ4n) is 0.196. The number of carbonyl (C=O) groups excluding carboxylic acids is 1. The minimum Gasteiger partial charge on any atom is -0.359 e. The molecule has 0 aliphatic rings. The molecule has 0 unspecified atom stereocenters. The number of carbonyl (C=O) groups is 1. The lowest BCUT2D eigenvalue weighted by Gasteiger charge is -1.66. The first kappa shape index (κ1) is 6.77. The maximum atomic E-state index is 9.89. The summed E-state index contributed by atoms with van der Waals surface area (Å²) in [5.74, 6) is 3.98. The maximum Gasteiger partial charge on any atom is 0.293 e. The normalized spacial score (nSPS) is 8.12. The van der Waals surface area contributed by atoms with Crippen molar-refractivity contribution in [3.8, 4) is 11.8 Å². The summed E-state index contributed by atoms with van der Waals surface area (Å²) in [6.45, 7) is 1.82. The van der Waals surface area contributed by atoms with E-state index < -0.39 is 5.91 Å². The third-order valence-corrected chi connectivity index (χ3v) is 0.445. The van der Waals surface area contributed by atoms with E-state index in [1.54, 1.807) is 12.2 Å². The van der Waals surface area contributed by atoms with Gasteiger partial charge in [-0.15, -0.1) is 0 Å². The second-order valence-corrected chi connectivity index (χ2v) is 1.13. The molecule has 0 aromatic carbocycles. The van der Waals surface area contributed by atoms with Crippen LogP contribution < -0.4 is 5.73 Å². The summed E-state index contributed by atoms with van der Waals surface area (Å²) in [7, 11) is 0. The van der Waals surface area contributed by atoms with Gasteiger partial charge in [-0.2, -0.15) is 0 Å². The fraction of sp³-hybridized carbons (Fsp3) is 0.167. The molecule has 0 bridgehead atoms. The Kier molecular flexibility index (Phi) is 3.34. The molecule has 0 spiro atoms. The molecule has 0 radical (unpaired) electrons. The molecule has 2 nitrogen and oxygen atoms in total. The number of rotatable bonds is 0. The van der Waals surface area contributed by atoms with E-state index in [0.717, 1.165) is 0 Å². The Labute approximate surface area is 48.4 Å². The van der Waals surface area contributed by atoms with Crippen molar-refractivity contribution in [2.75, 3.05) is 0 Å². The third-order valence-electron chi connectivity index (χ3n) is 0.445. The summed E-state index contributed by atoms with van der Waals surface area (Å²) >= 11 is 0. The van der Waals surface area contributed by atoms with E-state index in [2.05, 4.69) is 17.6 Å². The summed E-state index contributed by atoms with van der Waals surface area (Å²) < 4.78 is 0. The van der Waals surface area contributed by atoms with E-state index in [0.29, 0.717) is 0 Å². The quantitative estimate of drug-likeness (QED) is 0.439. The topological polar surface area (TPSA) is 43.1 Å². The van der Waals surface area contributed by atoms with Crippen LogP contribution in [0.2, 0.25) is 0 Å². The van der Waals surface area contributed by atoms with Crippen LogP contribution in [-0.2, 0) is 4.79 Å². The lowest BCUT2D eigenvalue weighted by Crippen LogP contribution is -2.05. The standard InChI is InChI=1S/C6H7NO/c1-2-3-4-5-6(7)8/h2-3H,1H3,(H2,7,8). The predicted molar refractivity (Wildman–Crippen MR) is 31.8 cm³/mol. The van der Waals surface area contributed by atoms with Crippen LogP contribution >= 0.6 is 0 Å². The lowest BCUT2D eigenvalue weighted by molar-refractivity contribution is -0.112. The number of primary amides is 1. The highest BCUT2D eigenvalue weighted by Crippen LogP contribution is 1.62. The van der Waals surface area contributed by atoms with Crippen LogP contribution in [0.15, 0.2) is 12.2 Å². The van der Waals surface area contributed by atoms with Crippen LogP contribution in [0, 0.1) is 11.8 Å². The van der Waals surface area contributed by atoms with Crippen molar-refractivity contribution in [1.29, 1.82) is 0 Å². The van der Waals surface area contributed by atoms with Crippen LogP contribution in [0.5, 0.6) is 0 Å². The summed E-state index contributed by atoms with van der Waals surface area (Å²) in [6, 6.07) is 0. The number of hydrogen-bond acceptors (Lipinski definition) is 1. The zero-order valence-electron chi connectivity index (χ0n) is 4.64. The molecule has 42 valence electrons. The molecule has 8 heavy (non-hydrogen) atoms. The molecule has 0 aliphatic carbocycles. The molecular weight excluding hydrogens is 102 g/mol. The van der Waals surface area contributed by atoms with Gasteiger partial charge in [-0.05, 0) is 18.9 Å². The Balaban J connectivity index is 3.68. The minimum atomic E-state index is -0.594. The maximum absolute atomic E-state index is 9.89. The zero-order valence-corrected chi connectivity index (χ0v) is 4.64. The first-order chi connectivity index (χ1) is 3.77. The molecule has 0 aromatic heterocycles. The average molecular weight is 109 g/mol. The highest BCUT2D eigenvalue weighted by Gasteiger charge is 1.73. The van der Waals surface area contributed by atoms with Crippen molar-refractivity contribution in [3.05, 3.63) is 12.2 Å². The zero-order chi connectivity index (χ0) is 6.41. The molecule has 2 N–H and O–H groups in total. The van der Waals surface area contributed by atoms with Gasteiger partial charge in [0.15, 0.2) is 0 Å². The van der Waals surface area contributed by atoms with Crippen LogP contribution in [0.4, 0.5) is 0 Å². The van der Waals surface area contributed by atoms with Crippen LogP contribution in [0.3, 0.4) is 0 Å². The van der Waals surface area contributed by atoms with E-state index in [1.165, 1.54) is 0 Å². The van der Waals surface area contributed by atoms with Gasteiger partial charge in [0.2, 0.25) is 0 Å². The van der Waals surface area contributed by atoms with Gasteiger partial charge >= 0.3 is 0 Å². The summed E-state index contributed by atoms with van der Waals surface area (Å²) in [5.41, 5.74) is 4.69. The number of amides is 1. The van der Waals surface area contributed by atoms with Crippen molar-refractivity contribution in [2.45, 2.75) is 6.92 Å². The fourth-order valence-corrected chi connectivity index (χ4v) is 0.196. The molecule has 1 amide bonds. The first-order valence-corrected chi connectivity index (χ1v) is 2.19. The molecule has 0 heterocycles. The molecule has 0 atom stereocenters. The Hall–Kier alpha value is -1.23. The van der Waals surface area contributed by atoms with Crippen molar-refractivity contribution in [1.82, 2.24) is 0 Å². The van der Waals surface area contributed by atoms with Gasteiger partial charge in [-0.3, -0.25) is 4.79 Å². The molecule has 2 heteroatoms. The molecule has 0 aliphatic heterocycles. The summed E-state index contributed by atoms with van der Waals surface area (Å²) in [4.78, 5) is 9.89. The molecular formula is C6H7NO. The Morgan fingerprint density at radius 1 is 1.75 bits per heavy atom. The number of nitrogens with two attached hydrogens (primary N) is 1. The van der Waals surface area contributed by atoms with E-state index in [1.807, 2.05) is 6.92 Å². The largest absolute Gasteiger partial charge is 0.359 e. The van der Waals surface area contributed by atoms with Crippen LogP contribution in [0.1, 0.15) is 6.92 Å². The van der Waals surface area contributed by atoms with E-state index in [9.17, 15) is 4.79 Å². The average Bonchev–Trinajstić information content (AvgIpc) is 1.66. The summed E-state index contributed by atoms with van der Waals surface area (Å²) in [6.07, 6.45) is 3.29. The van der Waals surface area contributed by atoms with Crippen molar-refractivity contribution >= 4 is 5.91 Å². The summed E-state index contributed by atoms with van der Waals surface area (Å²) in [5, 5.41) is 0. The monoisotopic (exact) mass is 109 g/mol. The van der Waals surface area contributed by atoms with Gasteiger partial charge in [-0.25, -0.2) is 0 Å². The number of hydrogen-bond donors (Lipinski definition) is 1. The van der Waals surface area contributed by atoms with Crippen LogP contribution in [0.25, 0.3) is 0 Å². The van der Waals surface area contributed by atoms with Crippen molar-refractivity contribution in [2.24, 2.45) is 5.73 Å². The molecule has 0 saturated heterocycles. The highest BCUT2D eigenvalue weighted by atomic mass is 16.1. The van der Waals surface area contributed by atoms with Gasteiger partial charge in [0, 0.05) is 0 Å². The first-order valence-electron chi connectivity index (χ1n) is 2.19. The van der Waals surface area contributed by atoms with Crippen molar-refractivity contribution in [3.63, 3.8) is 0 Å². The van der Waals surface area contributed by atoms with Gasteiger partial charge in [0.1, 0.15) is 0 Å². The minimum absolute atomic E-state index is 0.594. The van der Waals surface area contributed by atoms with E-state index >= 15 is 0 Å². The van der Waals surface area contributed by atoms with Gasteiger partial charge in [0.05, 0.1) is 0 Å². The SMILES string of the molecule is CC=CC#CC(N)=O. The molecule has 0 rings (SSSR count). The second-order valence-electron chi connectivity index (χ2n) is 1.13. The van der Waals surface area contributed by atoms with Gasteiger partial charge in [-0.1, -0.05) is 12.0 Å². The smallest absolute Gasteiger partial charge is 0.293 e. The van der Waals surface area contributed by atoms with Gasteiger partial charge in [0.25, 0.3) is 5.91 Å². The highest BCUT2D eigenvalue weighted by molar-refractivity contribution is 5.92. The predicted octanol–water partition coefficient (Wildman–Crippen LogP) is 0.0512. The number of allylic oxidation sites excluding steroid dienone is 2. The lowest BCUT2D eigenvalue weighted by atomic mass is 10.5. The van der Waals surface area contributed by atoms with Crippen molar-refractivity contribution < 1.29 is 4.79 Å². The van der Waals surface area contributed by atoms with Crippen LogP contribution in [-0.4, -0.2) is 5.91 Å². The Morgan fingerprint density at radius 3 is 2.75 bits per heavy atom. The molecule has 0 fully saturated rings. The Bertz CT molecular complexity index is 159.